The topological polar surface area (TPSA) is 106 Å². The molecule has 0 aliphatic carbocycles. The fraction of sp³-hybridized carbons (Fsp3) is 0.581. The van der Waals surface area contributed by atoms with Crippen molar-refractivity contribution in [3.63, 3.8) is 0 Å². The number of benzene rings is 1. The number of anilines is 1. The van der Waals surface area contributed by atoms with Crippen molar-refractivity contribution in [2.45, 2.75) is 91.7 Å². The molecular formula is C31H45N3O6S. The maximum Gasteiger partial charge on any atom is 0.341 e. The van der Waals surface area contributed by atoms with Crippen LogP contribution in [0.2, 0.25) is 0 Å². The number of thiophene rings is 1. The predicted octanol–water partition coefficient (Wildman–Crippen LogP) is 6.71. The number of methoxy groups -OCH3 is 2. The summed E-state index contributed by atoms with van der Waals surface area (Å²) in [5, 5.41) is 6.00. The highest BCUT2D eigenvalue weighted by atomic mass is 32.1. The Balaban J connectivity index is 1.79. The Kier molecular flexibility index (Phi) is 11.5. The van der Waals surface area contributed by atoms with E-state index in [2.05, 4.69) is 17.6 Å². The van der Waals surface area contributed by atoms with Gasteiger partial charge >= 0.3 is 12.0 Å². The first-order valence-electron chi connectivity index (χ1n) is 14.4. The zero-order valence-electron chi connectivity index (χ0n) is 25.5. The first kappa shape index (κ1) is 32.2. The molecule has 0 unspecified atom stereocenters. The summed E-state index contributed by atoms with van der Waals surface area (Å²) in [7, 11) is 3.19. The van der Waals surface area contributed by atoms with Crippen molar-refractivity contribution in [3.05, 3.63) is 39.3 Å². The molecule has 2 N–H and O–H groups in total. The average molecular weight is 588 g/mol. The molecule has 1 aromatic heterocycles. The fourth-order valence-corrected chi connectivity index (χ4v) is 5.99. The molecule has 0 bridgehead atoms. The number of rotatable bonds is 12. The molecule has 1 aromatic carbocycles. The van der Waals surface area contributed by atoms with E-state index in [1.807, 2.05) is 12.1 Å². The van der Waals surface area contributed by atoms with Gasteiger partial charge in [0.2, 0.25) is 0 Å². The van der Waals surface area contributed by atoms with Crippen LogP contribution < -0.4 is 20.1 Å². The van der Waals surface area contributed by atoms with Crippen LogP contribution in [0.1, 0.15) is 103 Å². The molecule has 0 fully saturated rings. The van der Waals surface area contributed by atoms with Crippen molar-refractivity contribution >= 4 is 34.2 Å². The van der Waals surface area contributed by atoms with Crippen molar-refractivity contribution in [2.24, 2.45) is 0 Å². The minimum Gasteiger partial charge on any atom is -0.493 e. The largest absolute Gasteiger partial charge is 0.493 e. The molecule has 10 heteroatoms. The summed E-state index contributed by atoms with van der Waals surface area (Å²) in [6.07, 6.45) is 7.38. The van der Waals surface area contributed by atoms with Gasteiger partial charge in [0.15, 0.2) is 11.5 Å². The van der Waals surface area contributed by atoms with Gasteiger partial charge in [-0.15, -0.1) is 11.3 Å². The van der Waals surface area contributed by atoms with E-state index in [9.17, 15) is 14.4 Å². The molecule has 2 aromatic rings. The Labute approximate surface area is 247 Å². The maximum absolute atomic E-state index is 13.8. The number of carbonyl (C=O) groups is 3. The van der Waals surface area contributed by atoms with E-state index in [1.165, 1.54) is 19.3 Å². The summed E-state index contributed by atoms with van der Waals surface area (Å²) in [6, 6.07) is 3.46. The standard InChI is InChI=1S/C31H45N3O6S/c1-8-9-10-11-12-13-15-32-30(37)33-27-25(29(36)40-31(3,4)5)20(2)26(41-27)28(35)34-16-14-21-17-23(38-6)24(39-7)18-22(21)19-34/h17-18H,8-16,19H2,1-7H3,(H2,32,33,37). The first-order chi connectivity index (χ1) is 19.5. The number of hydrogen-bond acceptors (Lipinski definition) is 7. The van der Waals surface area contributed by atoms with Crippen LogP contribution >= 0.6 is 11.3 Å². The lowest BCUT2D eigenvalue weighted by Crippen LogP contribution is -2.36. The lowest BCUT2D eigenvalue weighted by atomic mass is 9.98. The molecule has 9 nitrogen and oxygen atoms in total. The smallest absolute Gasteiger partial charge is 0.341 e. The Morgan fingerprint density at radius 1 is 0.976 bits per heavy atom. The number of esters is 1. The molecule has 0 saturated carbocycles. The highest BCUT2D eigenvalue weighted by Crippen LogP contribution is 2.37. The third-order valence-electron chi connectivity index (χ3n) is 6.99. The van der Waals surface area contributed by atoms with Gasteiger partial charge in [0, 0.05) is 19.6 Å². The molecule has 1 aliphatic heterocycles. The van der Waals surface area contributed by atoms with Crippen LogP contribution in [0.5, 0.6) is 11.5 Å². The maximum atomic E-state index is 13.8. The molecular weight excluding hydrogens is 542 g/mol. The van der Waals surface area contributed by atoms with Crippen LogP contribution in [-0.2, 0) is 17.7 Å². The molecule has 226 valence electrons. The van der Waals surface area contributed by atoms with Gasteiger partial charge in [-0.05, 0) is 69.4 Å². The van der Waals surface area contributed by atoms with E-state index in [-0.39, 0.29) is 11.5 Å². The van der Waals surface area contributed by atoms with Gasteiger partial charge in [-0.3, -0.25) is 10.1 Å². The van der Waals surface area contributed by atoms with E-state index in [0.29, 0.717) is 53.0 Å². The minimum absolute atomic E-state index is 0.196. The van der Waals surface area contributed by atoms with Crippen LogP contribution in [0.25, 0.3) is 0 Å². The Bertz CT molecular complexity index is 1230. The first-order valence-corrected chi connectivity index (χ1v) is 15.2. The Morgan fingerprint density at radius 2 is 1.61 bits per heavy atom. The number of ether oxygens (including phenoxy) is 3. The van der Waals surface area contributed by atoms with Gasteiger partial charge < -0.3 is 24.4 Å². The highest BCUT2D eigenvalue weighted by Gasteiger charge is 2.32. The zero-order chi connectivity index (χ0) is 30.2. The van der Waals surface area contributed by atoms with Crippen molar-refractivity contribution < 1.29 is 28.6 Å². The van der Waals surface area contributed by atoms with Crippen molar-refractivity contribution in [3.8, 4) is 11.5 Å². The van der Waals surface area contributed by atoms with Gasteiger partial charge in [0.25, 0.3) is 5.91 Å². The number of fused-ring (bicyclic) bond motifs is 1. The summed E-state index contributed by atoms with van der Waals surface area (Å²) in [5.74, 6) is 0.502. The molecule has 2 heterocycles. The van der Waals surface area contributed by atoms with Gasteiger partial charge in [0.05, 0.1) is 24.7 Å². The summed E-state index contributed by atoms with van der Waals surface area (Å²) >= 11 is 1.11. The van der Waals surface area contributed by atoms with E-state index >= 15 is 0 Å². The number of nitrogens with zero attached hydrogens (tertiary/aromatic N) is 1. The number of carbonyl (C=O) groups excluding carboxylic acids is 3. The van der Waals surface area contributed by atoms with Gasteiger partial charge in [-0.1, -0.05) is 39.0 Å². The van der Waals surface area contributed by atoms with E-state index in [0.717, 1.165) is 41.7 Å². The summed E-state index contributed by atoms with van der Waals surface area (Å²) in [6.45, 7) is 10.7. The third kappa shape index (κ3) is 8.61. The monoisotopic (exact) mass is 587 g/mol. The summed E-state index contributed by atoms with van der Waals surface area (Å²) in [5.41, 5.74) is 2.07. The highest BCUT2D eigenvalue weighted by molar-refractivity contribution is 7.18. The normalized spacial score (nSPS) is 12.9. The molecule has 0 saturated heterocycles. The molecule has 1 aliphatic rings. The van der Waals surface area contributed by atoms with Crippen LogP contribution in [-0.4, -0.2) is 55.7 Å². The van der Waals surface area contributed by atoms with E-state index in [4.69, 9.17) is 14.2 Å². The Morgan fingerprint density at radius 3 is 2.24 bits per heavy atom. The quantitative estimate of drug-likeness (QED) is 0.211. The van der Waals surface area contributed by atoms with Crippen LogP contribution in [0.4, 0.5) is 9.80 Å². The van der Waals surface area contributed by atoms with Crippen molar-refractivity contribution in [1.29, 1.82) is 0 Å². The van der Waals surface area contributed by atoms with E-state index in [1.54, 1.807) is 46.8 Å². The van der Waals surface area contributed by atoms with Gasteiger partial charge in [-0.25, -0.2) is 9.59 Å². The minimum atomic E-state index is -0.733. The van der Waals surface area contributed by atoms with Crippen LogP contribution in [0.3, 0.4) is 0 Å². The second-order valence-corrected chi connectivity index (χ2v) is 12.4. The lowest BCUT2D eigenvalue weighted by Gasteiger charge is -2.29. The molecule has 0 atom stereocenters. The van der Waals surface area contributed by atoms with Crippen molar-refractivity contribution in [1.82, 2.24) is 10.2 Å². The Hall–Kier alpha value is -3.27. The van der Waals surface area contributed by atoms with Gasteiger partial charge in [-0.2, -0.15) is 0 Å². The summed E-state index contributed by atoms with van der Waals surface area (Å²) in [4.78, 5) is 42.0. The van der Waals surface area contributed by atoms with Gasteiger partial charge in [0.1, 0.15) is 10.6 Å². The average Bonchev–Trinajstić information content (AvgIpc) is 3.25. The van der Waals surface area contributed by atoms with E-state index < -0.39 is 17.6 Å². The summed E-state index contributed by atoms with van der Waals surface area (Å²) < 4.78 is 16.5. The number of amides is 3. The predicted molar refractivity (Wildman–Crippen MR) is 163 cm³/mol. The number of nitrogens with one attached hydrogen (secondary N) is 2. The second-order valence-electron chi connectivity index (χ2n) is 11.4. The van der Waals surface area contributed by atoms with Crippen LogP contribution in [0, 0.1) is 6.92 Å². The number of hydrogen-bond donors (Lipinski definition) is 2. The second kappa shape index (κ2) is 14.6. The SMILES string of the molecule is CCCCCCCCNC(=O)Nc1sc(C(=O)N2CCc3cc(OC)c(OC)cc3C2)c(C)c1C(=O)OC(C)(C)C. The molecule has 3 rings (SSSR count). The molecule has 3 amide bonds. The molecule has 0 radical (unpaired) electrons. The fourth-order valence-electron chi connectivity index (χ4n) is 4.84. The third-order valence-corrected chi connectivity index (χ3v) is 8.19. The van der Waals surface area contributed by atoms with Crippen molar-refractivity contribution in [2.75, 3.05) is 32.6 Å². The lowest BCUT2D eigenvalue weighted by molar-refractivity contribution is 0.00705. The number of unbranched alkanes of at least 4 members (excludes halogenated alkanes) is 5. The van der Waals surface area contributed by atoms with Crippen LogP contribution in [0.15, 0.2) is 12.1 Å². The molecule has 0 spiro atoms. The zero-order valence-corrected chi connectivity index (χ0v) is 26.3. The molecule has 41 heavy (non-hydrogen) atoms. The number of urea groups is 1.